The van der Waals surface area contributed by atoms with E-state index >= 15 is 0 Å². The van der Waals surface area contributed by atoms with Crippen molar-refractivity contribution < 1.29 is 79.2 Å². The molecule has 0 bridgehead atoms. The number of carboxylic acid groups (broad SMARTS) is 1. The Morgan fingerprint density at radius 2 is 1.33 bits per heavy atom. The third-order valence-corrected chi connectivity index (χ3v) is 7.13. The Morgan fingerprint density at radius 1 is 0.814 bits per heavy atom. The smallest absolute Gasteiger partial charge is 0.339 e. The molecule has 0 radical (unpaired) electrons. The van der Waals surface area contributed by atoms with Crippen molar-refractivity contribution in [1.82, 2.24) is 0 Å². The Morgan fingerprint density at radius 3 is 1.81 bits per heavy atom. The lowest BCUT2D eigenvalue weighted by molar-refractivity contribution is -0.326. The van der Waals surface area contributed by atoms with Gasteiger partial charge < -0.3 is 69.6 Å². The number of carbonyl (C=O) groups excluding carboxylic acids is 1. The molecule has 0 spiro atoms. The second-order valence-corrected chi connectivity index (χ2v) is 11.0. The monoisotopic (exact) mass is 620 g/mol. The third-order valence-electron chi connectivity index (χ3n) is 7.13. The summed E-state index contributed by atoms with van der Waals surface area (Å²) >= 11 is 0. The summed E-state index contributed by atoms with van der Waals surface area (Å²) in [4.78, 5) is 25.3. The molecule has 1 aromatic rings. The van der Waals surface area contributed by atoms with Gasteiger partial charge in [0.1, 0.15) is 61.2 Å². The lowest BCUT2D eigenvalue weighted by atomic mass is 9.88. The molecule has 1 aromatic carbocycles. The minimum Gasteiger partial charge on any atom is -0.481 e. The number of aliphatic hydroxyl groups excluding tert-OH is 8. The van der Waals surface area contributed by atoms with Crippen molar-refractivity contribution in [3.8, 4) is 5.75 Å². The average molecular weight is 621 g/mol. The lowest BCUT2D eigenvalue weighted by Gasteiger charge is -2.43. The molecule has 0 aromatic heterocycles. The van der Waals surface area contributed by atoms with Crippen LogP contribution in [0.4, 0.5) is 0 Å². The van der Waals surface area contributed by atoms with Gasteiger partial charge in [0.2, 0.25) is 6.29 Å². The van der Waals surface area contributed by atoms with E-state index in [0.29, 0.717) is 5.56 Å². The fourth-order valence-electron chi connectivity index (χ4n) is 4.90. The Bertz CT molecular complexity index is 1050. The van der Waals surface area contributed by atoms with Gasteiger partial charge in [-0.25, -0.2) is 4.79 Å². The Balaban J connectivity index is 1.73. The molecule has 3 rings (SSSR count). The quantitative estimate of drug-likeness (QED) is 0.0994. The van der Waals surface area contributed by atoms with Crippen molar-refractivity contribution >= 4 is 11.9 Å². The molecule has 43 heavy (non-hydrogen) atoms. The molecule has 0 aliphatic carbocycles. The van der Waals surface area contributed by atoms with Crippen molar-refractivity contribution in [3.63, 3.8) is 0 Å². The van der Waals surface area contributed by atoms with E-state index in [-0.39, 0.29) is 24.7 Å². The average Bonchev–Trinajstić information content (AvgIpc) is 2.96. The van der Waals surface area contributed by atoms with E-state index in [0.717, 1.165) is 0 Å². The topological polar surface area (TPSA) is 262 Å². The van der Waals surface area contributed by atoms with Crippen LogP contribution in [-0.4, -0.2) is 138 Å². The number of esters is 1. The molecule has 11 atom stereocenters. The summed E-state index contributed by atoms with van der Waals surface area (Å²) < 4.78 is 27.3. The first-order valence-electron chi connectivity index (χ1n) is 13.7. The van der Waals surface area contributed by atoms with E-state index in [1.807, 2.05) is 0 Å². The van der Waals surface area contributed by atoms with Gasteiger partial charge in [-0.1, -0.05) is 26.0 Å². The molecule has 2 heterocycles. The summed E-state index contributed by atoms with van der Waals surface area (Å²) in [6.45, 7) is 1.62. The van der Waals surface area contributed by atoms with E-state index in [9.17, 15) is 55.5 Å². The van der Waals surface area contributed by atoms with Crippen LogP contribution in [-0.2, 0) is 35.1 Å². The predicted octanol–water partition coefficient (Wildman–Crippen LogP) is -3.02. The molecule has 244 valence electrons. The van der Waals surface area contributed by atoms with Gasteiger partial charge in [0, 0.05) is 0 Å². The van der Waals surface area contributed by atoms with Gasteiger partial charge >= 0.3 is 11.9 Å². The molecule has 2 saturated heterocycles. The summed E-state index contributed by atoms with van der Waals surface area (Å²) in [5.74, 6) is -2.71. The van der Waals surface area contributed by atoms with Gasteiger partial charge in [-0.2, -0.15) is 0 Å². The normalized spacial score (nSPS) is 34.4. The van der Waals surface area contributed by atoms with Crippen LogP contribution in [0.2, 0.25) is 0 Å². The molecule has 16 nitrogen and oxygen atoms in total. The van der Waals surface area contributed by atoms with Crippen molar-refractivity contribution in [2.24, 2.45) is 5.92 Å². The van der Waals surface area contributed by atoms with Gasteiger partial charge in [0.15, 0.2) is 11.9 Å². The first-order valence-corrected chi connectivity index (χ1v) is 13.7. The van der Waals surface area contributed by atoms with E-state index < -0.39 is 98.6 Å². The molecular formula is C27H40O16. The Hall–Kier alpha value is -2.48. The van der Waals surface area contributed by atoms with Crippen molar-refractivity contribution in [3.05, 3.63) is 29.8 Å². The molecule has 2 aliphatic rings. The standard InChI is InChI=1S/C27H40O16/c1-12(2)7-27(8-17(30)31,43-25-23(37)21(35)19(33)16(10-29)42-25)26(38)39-11-13-3-5-14(6-4-13)40-24-22(36)20(34)18(32)15(9-28)41-24/h3-6,12,15-16,18-25,28-29,32-37H,7-11H2,1-2H3,(H,30,31). The highest BCUT2D eigenvalue weighted by Crippen LogP contribution is 2.34. The molecule has 0 saturated carbocycles. The maximum atomic E-state index is 13.4. The van der Waals surface area contributed by atoms with Crippen molar-refractivity contribution in [2.75, 3.05) is 13.2 Å². The molecule has 11 unspecified atom stereocenters. The second-order valence-electron chi connectivity index (χ2n) is 11.0. The summed E-state index contributed by atoms with van der Waals surface area (Å²) in [5.41, 5.74) is -1.78. The molecule has 2 aliphatic heterocycles. The number of ether oxygens (including phenoxy) is 5. The summed E-state index contributed by atoms with van der Waals surface area (Å²) in [5, 5.41) is 89.1. The van der Waals surface area contributed by atoms with E-state index in [1.165, 1.54) is 24.3 Å². The van der Waals surface area contributed by atoms with Crippen LogP contribution in [0.15, 0.2) is 24.3 Å². The fraction of sp³-hybridized carbons (Fsp3) is 0.704. The zero-order valence-corrected chi connectivity index (χ0v) is 23.6. The maximum absolute atomic E-state index is 13.4. The highest BCUT2D eigenvalue weighted by molar-refractivity contribution is 5.85. The fourth-order valence-corrected chi connectivity index (χ4v) is 4.90. The Kier molecular flexibility index (Phi) is 12.2. The summed E-state index contributed by atoms with van der Waals surface area (Å²) in [6, 6.07) is 5.81. The number of carbonyl (C=O) groups is 2. The van der Waals surface area contributed by atoms with Gasteiger partial charge in [-0.3, -0.25) is 4.79 Å². The number of aliphatic hydroxyl groups is 8. The predicted molar refractivity (Wildman–Crippen MR) is 140 cm³/mol. The van der Waals surface area contributed by atoms with Crippen LogP contribution >= 0.6 is 0 Å². The number of hydrogen-bond acceptors (Lipinski definition) is 15. The molecular weight excluding hydrogens is 580 g/mol. The molecule has 2 fully saturated rings. The van der Waals surface area contributed by atoms with Crippen molar-refractivity contribution in [1.29, 1.82) is 0 Å². The van der Waals surface area contributed by atoms with Gasteiger partial charge in [0.05, 0.1) is 19.6 Å². The second kappa shape index (κ2) is 15.0. The zero-order chi connectivity index (χ0) is 32.1. The zero-order valence-electron chi connectivity index (χ0n) is 23.6. The largest absolute Gasteiger partial charge is 0.481 e. The number of rotatable bonds is 13. The van der Waals surface area contributed by atoms with Gasteiger partial charge in [0.25, 0.3) is 0 Å². The number of benzene rings is 1. The minimum absolute atomic E-state index is 0.158. The SMILES string of the molecule is CC(C)CC(CC(=O)O)(OC1OC(CO)C(O)C(O)C1O)C(=O)OCc1ccc(OC2OC(CO)C(O)C(O)C2O)cc1. The highest BCUT2D eigenvalue weighted by Gasteiger charge is 2.52. The van der Waals surface area contributed by atoms with Crippen LogP contribution in [0.25, 0.3) is 0 Å². The maximum Gasteiger partial charge on any atom is 0.339 e. The lowest BCUT2D eigenvalue weighted by Crippen LogP contribution is -2.62. The highest BCUT2D eigenvalue weighted by atomic mass is 16.7. The van der Waals surface area contributed by atoms with Crippen LogP contribution < -0.4 is 4.74 Å². The van der Waals surface area contributed by atoms with Crippen LogP contribution in [0.3, 0.4) is 0 Å². The van der Waals surface area contributed by atoms with E-state index in [1.54, 1.807) is 13.8 Å². The Labute approximate surface area is 246 Å². The number of carboxylic acids is 1. The third kappa shape index (κ3) is 8.37. The van der Waals surface area contributed by atoms with E-state index in [2.05, 4.69) is 0 Å². The number of hydrogen-bond donors (Lipinski definition) is 9. The first-order chi connectivity index (χ1) is 20.2. The van der Waals surface area contributed by atoms with Crippen LogP contribution in [0.1, 0.15) is 32.3 Å². The number of aliphatic carboxylic acids is 1. The van der Waals surface area contributed by atoms with E-state index in [4.69, 9.17) is 23.7 Å². The van der Waals surface area contributed by atoms with Crippen LogP contribution in [0, 0.1) is 5.92 Å². The van der Waals surface area contributed by atoms with Crippen LogP contribution in [0.5, 0.6) is 5.75 Å². The first kappa shape index (κ1) is 35.0. The summed E-state index contributed by atoms with van der Waals surface area (Å²) in [7, 11) is 0. The molecule has 9 N–H and O–H groups in total. The van der Waals surface area contributed by atoms with Crippen molar-refractivity contribution in [2.45, 2.75) is 100 Å². The summed E-state index contributed by atoms with van der Waals surface area (Å²) in [6.07, 6.45) is -17.0. The molecule has 0 amide bonds. The molecule has 16 heteroatoms. The van der Waals surface area contributed by atoms with Gasteiger partial charge in [-0.05, 0) is 30.0 Å². The van der Waals surface area contributed by atoms with Gasteiger partial charge in [-0.15, -0.1) is 0 Å². The minimum atomic E-state index is -2.19.